The van der Waals surface area contributed by atoms with Gasteiger partial charge in [-0.3, -0.25) is 9.69 Å². The summed E-state index contributed by atoms with van der Waals surface area (Å²) < 4.78 is 21.2. The van der Waals surface area contributed by atoms with E-state index in [1.807, 2.05) is 19.1 Å². The minimum Gasteiger partial charge on any atom is -0.507 e. The van der Waals surface area contributed by atoms with Crippen molar-refractivity contribution in [3.05, 3.63) is 93.6 Å². The van der Waals surface area contributed by atoms with Crippen molar-refractivity contribution in [2.24, 2.45) is 5.73 Å². The molecule has 0 spiro atoms. The van der Waals surface area contributed by atoms with Gasteiger partial charge in [-0.2, -0.15) is 4.39 Å². The lowest BCUT2D eigenvalue weighted by Crippen LogP contribution is -2.41. The molecule has 2 aromatic carbocycles. The van der Waals surface area contributed by atoms with Gasteiger partial charge in [0.2, 0.25) is 5.95 Å². The molecule has 0 saturated carbocycles. The number of carbonyl (C=O) groups is 2. The van der Waals surface area contributed by atoms with E-state index in [4.69, 9.17) is 15.5 Å². The van der Waals surface area contributed by atoms with Crippen LogP contribution in [0, 0.1) is 12.9 Å². The number of pyridine rings is 1. The van der Waals surface area contributed by atoms with Gasteiger partial charge in [0.1, 0.15) is 11.6 Å². The number of fused-ring (bicyclic) bond motifs is 1. The Morgan fingerprint density at radius 3 is 2.78 bits per heavy atom. The number of allylic oxidation sites excluding steroid dienone is 2. The summed E-state index contributed by atoms with van der Waals surface area (Å²) in [6.07, 6.45) is 1.29. The number of aryl methyl sites for hydroxylation is 1. The number of hydrogen-bond acceptors (Lipinski definition) is 9. The molecule has 4 aromatic rings. The quantitative estimate of drug-likeness (QED) is 0.226. The van der Waals surface area contributed by atoms with Crippen LogP contribution < -0.4 is 10.6 Å². The Labute approximate surface area is 239 Å². The van der Waals surface area contributed by atoms with Gasteiger partial charge >= 0.3 is 5.97 Å². The molecule has 1 aliphatic heterocycles. The van der Waals surface area contributed by atoms with Crippen LogP contribution in [0.15, 0.2) is 76.6 Å². The molecule has 2 aliphatic rings. The van der Waals surface area contributed by atoms with Crippen molar-refractivity contribution in [1.29, 1.82) is 0 Å². The van der Waals surface area contributed by atoms with E-state index in [0.717, 1.165) is 5.56 Å². The Bertz CT molecular complexity index is 1790. The standard InChI is InChI=1S/C31H27FN4O4S/c1-3-40-30(39)27-25(19-14-17-13-16(2)11-12-20(17)34-28(19)32)26-22(8-6-10-24(26)38)36(29(27)33)31-35-21(15-41-31)18-7-4-5-9-23(18)37/h4-5,7,9,11-15,25,37H,3,6,8,10,33H2,1-2H3. The van der Waals surface area contributed by atoms with E-state index >= 15 is 4.39 Å². The molecule has 8 nitrogen and oxygen atoms in total. The number of ether oxygens (including phenoxy) is 1. The van der Waals surface area contributed by atoms with Crippen LogP contribution in [0.3, 0.4) is 0 Å². The maximum Gasteiger partial charge on any atom is 0.338 e. The number of carbonyl (C=O) groups excluding carboxylic acids is 2. The number of ketones is 1. The molecule has 1 aliphatic carbocycles. The highest BCUT2D eigenvalue weighted by atomic mass is 32.1. The summed E-state index contributed by atoms with van der Waals surface area (Å²) in [5, 5.41) is 13.2. The summed E-state index contributed by atoms with van der Waals surface area (Å²) in [6.45, 7) is 3.65. The van der Waals surface area contributed by atoms with E-state index in [2.05, 4.69) is 4.98 Å². The molecule has 0 saturated heterocycles. The van der Waals surface area contributed by atoms with Crippen LogP contribution >= 0.6 is 11.3 Å². The van der Waals surface area contributed by atoms with Gasteiger partial charge in [-0.15, -0.1) is 11.3 Å². The van der Waals surface area contributed by atoms with Crippen molar-refractivity contribution in [1.82, 2.24) is 9.97 Å². The number of esters is 1. The molecule has 3 N–H and O–H groups in total. The highest BCUT2D eigenvalue weighted by molar-refractivity contribution is 7.14. The van der Waals surface area contributed by atoms with Gasteiger partial charge in [0.25, 0.3) is 0 Å². The number of phenols is 1. The fourth-order valence-corrected chi connectivity index (χ4v) is 6.46. The first-order chi connectivity index (χ1) is 19.8. The number of rotatable bonds is 5. The molecule has 0 bridgehead atoms. The van der Waals surface area contributed by atoms with E-state index < -0.39 is 17.8 Å². The van der Waals surface area contributed by atoms with E-state index in [9.17, 15) is 14.7 Å². The Morgan fingerprint density at radius 2 is 2.00 bits per heavy atom. The number of aromatic hydroxyl groups is 1. The van der Waals surface area contributed by atoms with Crippen LogP contribution in [0.5, 0.6) is 5.75 Å². The summed E-state index contributed by atoms with van der Waals surface area (Å²) in [6, 6.07) is 13.9. The maximum absolute atomic E-state index is 15.8. The fourth-order valence-electron chi connectivity index (χ4n) is 5.60. The lowest BCUT2D eigenvalue weighted by molar-refractivity contribution is -0.138. The number of thiazole rings is 1. The van der Waals surface area contributed by atoms with Crippen molar-refractivity contribution < 1.29 is 23.8 Å². The molecule has 0 radical (unpaired) electrons. The normalized spacial score (nSPS) is 17.3. The summed E-state index contributed by atoms with van der Waals surface area (Å²) in [5.74, 6) is -2.73. The molecule has 1 unspecified atom stereocenters. The lowest BCUT2D eigenvalue weighted by Gasteiger charge is -2.39. The monoisotopic (exact) mass is 570 g/mol. The van der Waals surface area contributed by atoms with Gasteiger partial charge in [0.05, 0.1) is 29.3 Å². The minimum atomic E-state index is -1.09. The van der Waals surface area contributed by atoms with Gasteiger partial charge in [-0.1, -0.05) is 23.8 Å². The second-order valence-electron chi connectivity index (χ2n) is 10.0. The molecule has 0 fully saturated rings. The zero-order chi connectivity index (χ0) is 28.8. The third kappa shape index (κ3) is 4.54. The smallest absolute Gasteiger partial charge is 0.338 e. The van der Waals surface area contributed by atoms with Crippen LogP contribution in [0.25, 0.3) is 22.2 Å². The number of halogens is 1. The molecule has 0 amide bonds. The van der Waals surface area contributed by atoms with Crippen molar-refractivity contribution >= 4 is 39.1 Å². The van der Waals surface area contributed by atoms with Crippen LogP contribution in [-0.4, -0.2) is 33.4 Å². The van der Waals surface area contributed by atoms with E-state index in [-0.39, 0.29) is 41.5 Å². The average Bonchev–Trinajstić information content (AvgIpc) is 3.42. The molecule has 6 rings (SSSR count). The highest BCUT2D eigenvalue weighted by Gasteiger charge is 2.45. The number of benzene rings is 2. The number of nitrogens with zero attached hydrogens (tertiary/aromatic N) is 3. The second-order valence-corrected chi connectivity index (χ2v) is 10.9. The molecule has 1 atom stereocenters. The van der Waals surface area contributed by atoms with Crippen molar-refractivity contribution in [2.75, 3.05) is 11.5 Å². The highest BCUT2D eigenvalue weighted by Crippen LogP contribution is 2.48. The first kappa shape index (κ1) is 26.6. The molecule has 10 heteroatoms. The lowest BCUT2D eigenvalue weighted by atomic mass is 9.75. The number of aromatic nitrogens is 2. The number of Topliss-reactive ketones (excluding diaryl/α,β-unsaturated/α-hetero) is 1. The fraction of sp³-hybridized carbons (Fsp3) is 0.226. The Hall–Kier alpha value is -4.57. The largest absolute Gasteiger partial charge is 0.507 e. The van der Waals surface area contributed by atoms with Crippen molar-refractivity contribution in [3.8, 4) is 17.0 Å². The van der Waals surface area contributed by atoms with Crippen molar-refractivity contribution in [2.45, 2.75) is 39.0 Å². The Kier molecular flexibility index (Phi) is 6.78. The summed E-state index contributed by atoms with van der Waals surface area (Å²) in [7, 11) is 0. The van der Waals surface area contributed by atoms with Gasteiger partial charge < -0.3 is 15.6 Å². The van der Waals surface area contributed by atoms with Gasteiger partial charge in [-0.25, -0.2) is 14.8 Å². The molecule has 3 heterocycles. The summed E-state index contributed by atoms with van der Waals surface area (Å²) in [5.41, 5.74) is 10.2. The third-order valence-electron chi connectivity index (χ3n) is 7.41. The summed E-state index contributed by atoms with van der Waals surface area (Å²) >= 11 is 1.26. The topological polar surface area (TPSA) is 119 Å². The summed E-state index contributed by atoms with van der Waals surface area (Å²) in [4.78, 5) is 37.7. The molecular weight excluding hydrogens is 543 g/mol. The maximum atomic E-state index is 15.8. The number of nitrogens with two attached hydrogens (primary N) is 1. The van der Waals surface area contributed by atoms with E-state index in [0.29, 0.717) is 51.4 Å². The van der Waals surface area contributed by atoms with Gasteiger partial charge in [-0.05, 0) is 57.0 Å². The second kappa shape index (κ2) is 10.4. The number of phenolic OH excluding ortho intramolecular Hbond substituents is 1. The SMILES string of the molecule is CCOC(=O)C1=C(N)N(c2nc(-c3ccccc3O)cs2)C2=C(C(=O)CCC2)C1c1cc2cc(C)ccc2nc1F. The minimum absolute atomic E-state index is 0.0174. The predicted molar refractivity (Wildman–Crippen MR) is 155 cm³/mol. The van der Waals surface area contributed by atoms with Crippen molar-refractivity contribution in [3.63, 3.8) is 0 Å². The third-order valence-corrected chi connectivity index (χ3v) is 8.24. The van der Waals surface area contributed by atoms with E-state index in [1.54, 1.807) is 53.6 Å². The van der Waals surface area contributed by atoms with Crippen LogP contribution in [0.2, 0.25) is 0 Å². The Balaban J connectivity index is 1.58. The zero-order valence-corrected chi connectivity index (χ0v) is 23.3. The first-order valence-corrected chi connectivity index (χ1v) is 14.2. The van der Waals surface area contributed by atoms with Crippen LogP contribution in [0.1, 0.15) is 43.2 Å². The van der Waals surface area contributed by atoms with Gasteiger partial charge in [0.15, 0.2) is 10.9 Å². The predicted octanol–water partition coefficient (Wildman–Crippen LogP) is 5.86. The van der Waals surface area contributed by atoms with Crippen LogP contribution in [0.4, 0.5) is 9.52 Å². The molecular formula is C31H27FN4O4S. The molecule has 41 heavy (non-hydrogen) atoms. The first-order valence-electron chi connectivity index (χ1n) is 13.3. The van der Waals surface area contributed by atoms with Gasteiger partial charge in [0, 0.05) is 39.6 Å². The van der Waals surface area contributed by atoms with Crippen LogP contribution in [-0.2, 0) is 14.3 Å². The zero-order valence-electron chi connectivity index (χ0n) is 22.5. The van der Waals surface area contributed by atoms with E-state index in [1.165, 1.54) is 11.3 Å². The molecule has 208 valence electrons. The number of hydrogen-bond donors (Lipinski definition) is 2. The molecule has 2 aromatic heterocycles. The Morgan fingerprint density at radius 1 is 1.20 bits per heavy atom. The number of anilines is 1. The number of para-hydroxylation sites is 1. The average molecular weight is 571 g/mol.